The summed E-state index contributed by atoms with van der Waals surface area (Å²) in [5, 5.41) is 0.651. The molecule has 35 heavy (non-hydrogen) atoms. The minimum atomic E-state index is -4.10. The van der Waals surface area contributed by atoms with Crippen LogP contribution in [0.25, 0.3) is 22.0 Å². The Morgan fingerprint density at radius 3 is 2.26 bits per heavy atom. The number of rotatable bonds is 6. The number of hydrogen-bond donors (Lipinski definition) is 2. The van der Waals surface area contributed by atoms with Gasteiger partial charge in [0, 0.05) is 10.9 Å². The fraction of sp³-hybridized carbons (Fsp3) is 0. The Hall–Kier alpha value is -4.43. The Labute approximate surface area is 201 Å². The molecular weight excluding hydrogens is 467 g/mol. The second kappa shape index (κ2) is 9.08. The van der Waals surface area contributed by atoms with Gasteiger partial charge in [0.2, 0.25) is 0 Å². The van der Waals surface area contributed by atoms with Gasteiger partial charge in [-0.05, 0) is 71.8 Å². The Morgan fingerprint density at radius 2 is 1.49 bits per heavy atom. The molecule has 0 spiro atoms. The second-order valence-electron chi connectivity index (χ2n) is 7.82. The predicted molar refractivity (Wildman–Crippen MR) is 131 cm³/mol. The molecule has 5 rings (SSSR count). The van der Waals surface area contributed by atoms with Gasteiger partial charge in [-0.3, -0.25) is 4.79 Å². The van der Waals surface area contributed by atoms with E-state index in [1.54, 1.807) is 30.3 Å². The van der Waals surface area contributed by atoms with Crippen molar-refractivity contribution in [2.45, 2.75) is 4.90 Å². The van der Waals surface area contributed by atoms with Crippen molar-refractivity contribution in [1.29, 1.82) is 0 Å². The number of fused-ring (bicyclic) bond motifs is 1. The number of aromatic nitrogens is 1. The van der Waals surface area contributed by atoms with Crippen molar-refractivity contribution in [1.82, 2.24) is 9.71 Å². The number of amides is 1. The molecular formula is C27H19FN2O4S. The average Bonchev–Trinajstić information content (AvgIpc) is 3.30. The molecule has 5 aromatic rings. The highest BCUT2D eigenvalue weighted by Crippen LogP contribution is 2.27. The number of ether oxygens (including phenoxy) is 1. The molecule has 1 amide bonds. The van der Waals surface area contributed by atoms with Crippen molar-refractivity contribution in [3.8, 4) is 22.6 Å². The van der Waals surface area contributed by atoms with Gasteiger partial charge in [-0.1, -0.05) is 42.5 Å². The molecule has 0 aliphatic carbocycles. The molecule has 0 bridgehead atoms. The number of aromatic amines is 1. The molecule has 0 fully saturated rings. The summed E-state index contributed by atoms with van der Waals surface area (Å²) in [7, 11) is -4.10. The first-order valence-corrected chi connectivity index (χ1v) is 12.1. The van der Waals surface area contributed by atoms with Crippen molar-refractivity contribution in [2.24, 2.45) is 0 Å². The highest BCUT2D eigenvalue weighted by Gasteiger charge is 2.20. The Kier molecular flexibility index (Phi) is 5.80. The molecule has 0 saturated carbocycles. The summed E-state index contributed by atoms with van der Waals surface area (Å²) in [6.45, 7) is 0. The molecule has 0 aliphatic heterocycles. The van der Waals surface area contributed by atoms with Crippen LogP contribution in [0.3, 0.4) is 0 Å². The van der Waals surface area contributed by atoms with E-state index in [2.05, 4.69) is 9.71 Å². The lowest BCUT2D eigenvalue weighted by Crippen LogP contribution is -2.30. The van der Waals surface area contributed by atoms with Crippen LogP contribution >= 0.6 is 0 Å². The van der Waals surface area contributed by atoms with E-state index in [9.17, 15) is 17.6 Å². The first kappa shape index (κ1) is 22.4. The van der Waals surface area contributed by atoms with Crippen LogP contribution in [0, 0.1) is 5.82 Å². The second-order valence-corrected chi connectivity index (χ2v) is 9.50. The number of H-pyrrole nitrogens is 1. The largest absolute Gasteiger partial charge is 0.457 e. The maximum absolute atomic E-state index is 13.1. The maximum Gasteiger partial charge on any atom is 0.281 e. The zero-order valence-electron chi connectivity index (χ0n) is 18.2. The fourth-order valence-electron chi connectivity index (χ4n) is 3.64. The number of carbonyl (C=O) groups is 1. The lowest BCUT2D eigenvalue weighted by Gasteiger charge is -2.08. The van der Waals surface area contributed by atoms with Gasteiger partial charge in [0.1, 0.15) is 23.0 Å². The van der Waals surface area contributed by atoms with Gasteiger partial charge >= 0.3 is 0 Å². The highest BCUT2D eigenvalue weighted by atomic mass is 32.2. The first-order chi connectivity index (χ1) is 16.9. The Balaban J connectivity index is 1.36. The van der Waals surface area contributed by atoms with Crippen molar-refractivity contribution in [3.05, 3.63) is 115 Å². The van der Waals surface area contributed by atoms with Gasteiger partial charge in [-0.2, -0.15) is 0 Å². The third kappa shape index (κ3) is 4.92. The minimum absolute atomic E-state index is 0.0155. The molecule has 0 unspecified atom stereocenters. The third-order valence-corrected chi connectivity index (χ3v) is 6.69. The van der Waals surface area contributed by atoms with Gasteiger partial charge in [0.15, 0.2) is 0 Å². The van der Waals surface area contributed by atoms with Gasteiger partial charge in [-0.15, -0.1) is 0 Å². The molecule has 1 heterocycles. The van der Waals surface area contributed by atoms with E-state index >= 15 is 0 Å². The maximum atomic E-state index is 13.1. The monoisotopic (exact) mass is 486 g/mol. The molecule has 0 aliphatic rings. The SMILES string of the molecule is O=C(NS(=O)(=O)c1cccc(-c2ccccc2)c1)c1cc2cc(Oc3ccc(F)cc3)ccc2[nH]1. The quantitative estimate of drug-likeness (QED) is 0.314. The molecule has 0 radical (unpaired) electrons. The van der Waals surface area contributed by atoms with Gasteiger partial charge < -0.3 is 9.72 Å². The van der Waals surface area contributed by atoms with Crippen LogP contribution in [0.1, 0.15) is 10.5 Å². The fourth-order valence-corrected chi connectivity index (χ4v) is 4.66. The molecule has 6 nitrogen and oxygen atoms in total. The normalized spacial score (nSPS) is 11.3. The molecule has 0 saturated heterocycles. The first-order valence-electron chi connectivity index (χ1n) is 10.7. The molecule has 2 N–H and O–H groups in total. The van der Waals surface area contributed by atoms with Crippen molar-refractivity contribution >= 4 is 26.8 Å². The lowest BCUT2D eigenvalue weighted by atomic mass is 10.1. The predicted octanol–water partition coefficient (Wildman–Crippen LogP) is 5.89. The van der Waals surface area contributed by atoms with Crippen LogP contribution in [0.5, 0.6) is 11.5 Å². The summed E-state index contributed by atoms with van der Waals surface area (Å²) in [6.07, 6.45) is 0. The van der Waals surface area contributed by atoms with Gasteiger partial charge in [0.25, 0.3) is 15.9 Å². The van der Waals surface area contributed by atoms with Crippen molar-refractivity contribution < 1.29 is 22.3 Å². The zero-order valence-corrected chi connectivity index (χ0v) is 19.1. The standard InChI is InChI=1S/C27H19FN2O4S/c28-21-9-11-22(12-10-21)34-23-13-14-25-20(15-23)17-26(29-25)27(31)30-35(32,33)24-8-4-7-19(16-24)18-5-2-1-3-6-18/h1-17,29H,(H,30,31). The van der Waals surface area contributed by atoms with E-state index < -0.39 is 15.9 Å². The number of sulfonamides is 1. The molecule has 0 atom stereocenters. The smallest absolute Gasteiger partial charge is 0.281 e. The van der Waals surface area contributed by atoms with Crippen molar-refractivity contribution in [3.63, 3.8) is 0 Å². The minimum Gasteiger partial charge on any atom is -0.457 e. The summed E-state index contributed by atoms with van der Waals surface area (Å²) in [5.74, 6) is -0.202. The summed E-state index contributed by atoms with van der Waals surface area (Å²) in [5.41, 5.74) is 2.30. The van der Waals surface area contributed by atoms with E-state index in [1.807, 2.05) is 30.3 Å². The summed E-state index contributed by atoms with van der Waals surface area (Å²) >= 11 is 0. The lowest BCUT2D eigenvalue weighted by molar-refractivity contribution is 0.0977. The summed E-state index contributed by atoms with van der Waals surface area (Å²) < 4.78 is 46.7. The number of benzene rings is 4. The molecule has 1 aromatic heterocycles. The van der Waals surface area contributed by atoms with Crippen LogP contribution < -0.4 is 9.46 Å². The van der Waals surface area contributed by atoms with Crippen LogP contribution in [0.4, 0.5) is 4.39 Å². The Bertz CT molecular complexity index is 1630. The van der Waals surface area contributed by atoms with Crippen LogP contribution in [0.2, 0.25) is 0 Å². The van der Waals surface area contributed by atoms with E-state index in [0.29, 0.717) is 22.4 Å². The van der Waals surface area contributed by atoms with Crippen molar-refractivity contribution in [2.75, 3.05) is 0 Å². The van der Waals surface area contributed by atoms with Crippen LogP contribution in [0.15, 0.2) is 108 Å². The van der Waals surface area contributed by atoms with E-state index in [4.69, 9.17) is 4.74 Å². The zero-order chi connectivity index (χ0) is 24.4. The number of hydrogen-bond acceptors (Lipinski definition) is 4. The third-order valence-electron chi connectivity index (χ3n) is 5.36. The molecule has 8 heteroatoms. The number of halogens is 1. The van der Waals surface area contributed by atoms with Crippen LogP contribution in [-0.4, -0.2) is 19.3 Å². The van der Waals surface area contributed by atoms with Gasteiger partial charge in [-0.25, -0.2) is 17.5 Å². The number of carbonyl (C=O) groups excluding carboxylic acids is 1. The number of nitrogens with one attached hydrogen (secondary N) is 2. The van der Waals surface area contributed by atoms with Gasteiger partial charge in [0.05, 0.1) is 4.90 Å². The summed E-state index contributed by atoms with van der Waals surface area (Å²) in [4.78, 5) is 15.7. The van der Waals surface area contributed by atoms with Crippen LogP contribution in [-0.2, 0) is 10.0 Å². The molecule has 174 valence electrons. The highest BCUT2D eigenvalue weighted by molar-refractivity contribution is 7.90. The topological polar surface area (TPSA) is 88.3 Å². The average molecular weight is 487 g/mol. The van der Waals surface area contributed by atoms with E-state index in [1.165, 1.54) is 42.5 Å². The summed E-state index contributed by atoms with van der Waals surface area (Å²) in [6, 6.07) is 28.0. The molecule has 4 aromatic carbocycles. The Morgan fingerprint density at radius 1 is 0.771 bits per heavy atom. The van der Waals surface area contributed by atoms with E-state index in [-0.39, 0.29) is 16.4 Å². The van der Waals surface area contributed by atoms with E-state index in [0.717, 1.165) is 11.1 Å².